The Hall–Kier alpha value is -4.22. The smallest absolute Gasteiger partial charge is 0.136 e. The van der Waals surface area contributed by atoms with Gasteiger partial charge in [0.15, 0.2) is 0 Å². The first-order chi connectivity index (χ1) is 24.8. The van der Waals surface area contributed by atoms with Crippen LogP contribution in [0.2, 0.25) is 0 Å². The van der Waals surface area contributed by atoms with Gasteiger partial charge in [0, 0.05) is 58.2 Å². The number of hydrogen-bond donors (Lipinski definition) is 1. The van der Waals surface area contributed by atoms with Crippen molar-refractivity contribution in [1.29, 1.82) is 0 Å². The number of fused-ring (bicyclic) bond motifs is 5. The van der Waals surface area contributed by atoms with Crippen molar-refractivity contribution in [3.05, 3.63) is 133 Å². The third-order valence-electron chi connectivity index (χ3n) is 9.45. The quantitative estimate of drug-likeness (QED) is 0.175. The predicted molar refractivity (Wildman–Crippen MR) is 224 cm³/mol. The predicted octanol–water partition coefficient (Wildman–Crippen LogP) is 13.1. The molecule has 1 N–H and O–H groups in total. The summed E-state index contributed by atoms with van der Waals surface area (Å²) in [6.07, 6.45) is 3.06. The van der Waals surface area contributed by atoms with Crippen molar-refractivity contribution in [1.82, 2.24) is 4.98 Å². The van der Waals surface area contributed by atoms with Gasteiger partial charge >= 0.3 is 0 Å². The standard InChI is InChI=1S/C29H28NS.C18H21N2O.Ir/c1-18(2)15-20-10-8-12-23-24-13-14-30-26(28(24)31-27(20)23)21-16-19-9-6-7-11-22(19)25(17-21)29(3,4)5;1-18(2,3)12-19-13-20(15-9-5-4-8-14(15)19)16-10-6-7-11-17(16)21;/h6-14,17-18H,15H2,1-5H3;4-11,13,21H,12H2,1-3H3;/q2*-1;. The Morgan fingerprint density at radius 1 is 0.755 bits per heavy atom. The van der Waals surface area contributed by atoms with Crippen molar-refractivity contribution in [2.24, 2.45) is 11.3 Å². The van der Waals surface area contributed by atoms with E-state index in [-0.39, 0.29) is 30.9 Å². The van der Waals surface area contributed by atoms with E-state index in [4.69, 9.17) is 4.98 Å². The molecule has 0 aliphatic carbocycles. The summed E-state index contributed by atoms with van der Waals surface area (Å²) in [6, 6.07) is 39.2. The fourth-order valence-electron chi connectivity index (χ4n) is 7.23. The first kappa shape index (κ1) is 38.5. The molecule has 3 heterocycles. The Kier molecular flexibility index (Phi) is 11.1. The number of hydrogen-bond acceptors (Lipinski definition) is 5. The molecule has 0 spiro atoms. The summed E-state index contributed by atoms with van der Waals surface area (Å²) in [4.78, 5) is 9.18. The molecule has 0 fully saturated rings. The van der Waals surface area contributed by atoms with Crippen molar-refractivity contribution in [2.75, 3.05) is 16.3 Å². The van der Waals surface area contributed by atoms with Crippen LogP contribution in [0.1, 0.15) is 66.5 Å². The van der Waals surface area contributed by atoms with Gasteiger partial charge in [0.25, 0.3) is 0 Å². The fourth-order valence-corrected chi connectivity index (χ4v) is 8.55. The first-order valence-corrected chi connectivity index (χ1v) is 19.1. The Morgan fingerprint density at radius 2 is 1.40 bits per heavy atom. The van der Waals surface area contributed by atoms with E-state index >= 15 is 0 Å². The molecular formula is C47H49IrN3OS-2. The van der Waals surface area contributed by atoms with Gasteiger partial charge in [0.1, 0.15) is 5.75 Å². The summed E-state index contributed by atoms with van der Waals surface area (Å²) in [7, 11) is 0. The topological polar surface area (TPSA) is 39.6 Å². The number of anilines is 3. The zero-order valence-electron chi connectivity index (χ0n) is 32.0. The summed E-state index contributed by atoms with van der Waals surface area (Å²) in [5.74, 6) is 0.928. The SMILES string of the molecule is CC(C)(C)CN1[CH-]N(c2ccccc2O)c2ccccc21.CC(C)Cc1cccc2c1sc1c(-c3[c-]c4ccccc4c(C(C)(C)C)c3)nccc12.[Ir]. The molecule has 0 saturated heterocycles. The van der Waals surface area contributed by atoms with Gasteiger partial charge in [-0.1, -0.05) is 127 Å². The van der Waals surface area contributed by atoms with Crippen LogP contribution in [0.5, 0.6) is 5.75 Å². The minimum Gasteiger partial charge on any atom is -0.506 e. The van der Waals surface area contributed by atoms with E-state index in [0.717, 1.165) is 41.0 Å². The molecule has 7 aromatic rings. The molecule has 0 atom stereocenters. The van der Waals surface area contributed by atoms with Gasteiger partial charge in [-0.25, -0.2) is 0 Å². The van der Waals surface area contributed by atoms with Gasteiger partial charge in [-0.3, -0.25) is 4.98 Å². The van der Waals surface area contributed by atoms with Crippen LogP contribution in [0.15, 0.2) is 109 Å². The van der Waals surface area contributed by atoms with Crippen LogP contribution in [0.25, 0.3) is 42.2 Å². The second kappa shape index (κ2) is 15.3. The molecule has 0 bridgehead atoms. The van der Waals surface area contributed by atoms with Gasteiger partial charge in [-0.05, 0) is 71.0 Å². The zero-order chi connectivity index (χ0) is 36.8. The van der Waals surface area contributed by atoms with Crippen molar-refractivity contribution in [2.45, 2.75) is 67.2 Å². The molecule has 4 nitrogen and oxygen atoms in total. The maximum absolute atomic E-state index is 10.1. The van der Waals surface area contributed by atoms with Crippen LogP contribution in [-0.4, -0.2) is 16.6 Å². The summed E-state index contributed by atoms with van der Waals surface area (Å²) in [5, 5.41) is 15.2. The molecule has 1 aliphatic rings. The van der Waals surface area contributed by atoms with Gasteiger partial charge in [-0.2, -0.15) is 0 Å². The molecule has 275 valence electrons. The van der Waals surface area contributed by atoms with Gasteiger partial charge in [0.2, 0.25) is 0 Å². The monoisotopic (exact) mass is 896 g/mol. The van der Waals surface area contributed by atoms with E-state index in [2.05, 4.69) is 151 Å². The van der Waals surface area contributed by atoms with Crippen LogP contribution in [0, 0.1) is 24.1 Å². The van der Waals surface area contributed by atoms with E-state index in [9.17, 15) is 5.11 Å². The van der Waals surface area contributed by atoms with Crippen LogP contribution in [0.4, 0.5) is 17.1 Å². The molecule has 1 radical (unpaired) electrons. The number of nitrogens with zero attached hydrogens (tertiary/aromatic N) is 3. The second-order valence-corrected chi connectivity index (χ2v) is 17.6. The average molecular weight is 896 g/mol. The molecule has 6 heteroatoms. The second-order valence-electron chi connectivity index (χ2n) is 16.6. The average Bonchev–Trinajstić information content (AvgIpc) is 3.66. The fraction of sp³-hybridized carbons (Fsp3) is 0.277. The van der Waals surface area contributed by atoms with E-state index in [1.165, 1.54) is 42.4 Å². The van der Waals surface area contributed by atoms with Crippen molar-refractivity contribution >= 4 is 59.3 Å². The maximum Gasteiger partial charge on any atom is 0.136 e. The number of pyridine rings is 1. The Balaban J connectivity index is 0.000000191. The summed E-state index contributed by atoms with van der Waals surface area (Å²) >= 11 is 1.89. The van der Waals surface area contributed by atoms with Crippen molar-refractivity contribution in [3.63, 3.8) is 0 Å². The molecule has 5 aromatic carbocycles. The minimum atomic E-state index is 0. The van der Waals surface area contributed by atoms with E-state index in [1.54, 1.807) is 6.07 Å². The van der Waals surface area contributed by atoms with Crippen LogP contribution in [-0.2, 0) is 31.9 Å². The number of rotatable bonds is 5. The third-order valence-corrected chi connectivity index (χ3v) is 10.8. The van der Waals surface area contributed by atoms with Crippen LogP contribution in [0.3, 0.4) is 0 Å². The van der Waals surface area contributed by atoms with Crippen molar-refractivity contribution in [3.8, 4) is 17.0 Å². The minimum absolute atomic E-state index is 0. The molecule has 2 aromatic heterocycles. The molecule has 0 unspecified atom stereocenters. The van der Waals surface area contributed by atoms with E-state index in [1.807, 2.05) is 41.8 Å². The van der Waals surface area contributed by atoms with Gasteiger partial charge < -0.3 is 14.9 Å². The number of benzene rings is 5. The summed E-state index contributed by atoms with van der Waals surface area (Å²) in [6.45, 7) is 21.1. The van der Waals surface area contributed by atoms with Crippen LogP contribution >= 0.6 is 11.3 Å². The van der Waals surface area contributed by atoms with Crippen molar-refractivity contribution < 1.29 is 25.2 Å². The molecule has 53 heavy (non-hydrogen) atoms. The largest absolute Gasteiger partial charge is 0.506 e. The third kappa shape index (κ3) is 8.01. The van der Waals surface area contributed by atoms with E-state index in [0.29, 0.717) is 11.7 Å². The van der Waals surface area contributed by atoms with Gasteiger partial charge in [0.05, 0.1) is 5.69 Å². The zero-order valence-corrected chi connectivity index (χ0v) is 35.2. The number of aromatic hydroxyl groups is 1. The van der Waals surface area contributed by atoms with Crippen LogP contribution < -0.4 is 9.80 Å². The summed E-state index contributed by atoms with van der Waals surface area (Å²) in [5.41, 5.74) is 8.24. The Morgan fingerprint density at radius 3 is 2.09 bits per heavy atom. The number of aromatic nitrogens is 1. The number of phenols is 1. The Bertz CT molecular complexity index is 2380. The maximum atomic E-state index is 10.1. The molecular weight excluding hydrogens is 847 g/mol. The normalized spacial score (nSPS) is 13.0. The Labute approximate surface area is 332 Å². The number of phenolic OH excluding ortho intramolecular Hbond substituents is 1. The number of thiophene rings is 1. The first-order valence-electron chi connectivity index (χ1n) is 18.3. The molecule has 0 saturated carbocycles. The number of para-hydroxylation sites is 4. The summed E-state index contributed by atoms with van der Waals surface area (Å²) < 4.78 is 2.66. The molecule has 1 aliphatic heterocycles. The molecule has 8 rings (SSSR count). The van der Waals surface area contributed by atoms with Gasteiger partial charge in [-0.15, -0.1) is 47.2 Å². The molecule has 0 amide bonds. The van der Waals surface area contributed by atoms with E-state index < -0.39 is 0 Å².